The second-order valence-electron chi connectivity index (χ2n) is 4.39. The van der Waals surface area contributed by atoms with Crippen LogP contribution in [0, 0.1) is 0 Å². The van der Waals surface area contributed by atoms with Crippen LogP contribution < -0.4 is 4.90 Å². The molecule has 0 atom stereocenters. The fourth-order valence-electron chi connectivity index (χ4n) is 2.19. The second-order valence-corrected chi connectivity index (χ2v) is 5.31. The van der Waals surface area contributed by atoms with E-state index in [0.29, 0.717) is 0 Å². The molecule has 0 fully saturated rings. The first-order valence-electron chi connectivity index (χ1n) is 6.09. The van der Waals surface area contributed by atoms with Crippen LogP contribution in [0.3, 0.4) is 0 Å². The largest absolute Gasteiger partial charge is 0.329 e. The van der Waals surface area contributed by atoms with Crippen molar-refractivity contribution in [2.75, 3.05) is 11.9 Å². The summed E-state index contributed by atoms with van der Waals surface area (Å²) in [6, 6.07) is 18.7. The van der Waals surface area contributed by atoms with Gasteiger partial charge in [-0.1, -0.05) is 36.4 Å². The van der Waals surface area contributed by atoms with E-state index in [1.54, 1.807) is 0 Å². The van der Waals surface area contributed by atoms with Crippen molar-refractivity contribution in [3.63, 3.8) is 0 Å². The number of hydrogen-bond donors (Lipinski definition) is 0. The first-order valence-corrected chi connectivity index (χ1v) is 6.88. The van der Waals surface area contributed by atoms with E-state index in [-0.39, 0.29) is 0 Å². The maximum Gasteiger partial charge on any atom is 0.132 e. The Morgan fingerprint density at radius 2 is 1.74 bits per heavy atom. The number of fused-ring (bicyclic) bond motifs is 1. The van der Waals surface area contributed by atoms with Gasteiger partial charge >= 0.3 is 0 Å². The van der Waals surface area contributed by atoms with Gasteiger partial charge in [0, 0.05) is 28.8 Å². The summed E-state index contributed by atoms with van der Waals surface area (Å²) in [6.45, 7) is 0. The summed E-state index contributed by atoms with van der Waals surface area (Å²) in [7, 11) is 2.04. The molecule has 0 aliphatic heterocycles. The molecule has 0 unspecified atom stereocenters. The zero-order valence-electron chi connectivity index (χ0n) is 10.5. The zero-order valence-corrected chi connectivity index (χ0v) is 12.1. The average molecular weight is 313 g/mol. The third kappa shape index (κ3) is 2.34. The van der Waals surface area contributed by atoms with Gasteiger partial charge in [0.15, 0.2) is 0 Å². The van der Waals surface area contributed by atoms with Crippen LogP contribution in [0.5, 0.6) is 0 Å². The van der Waals surface area contributed by atoms with Crippen molar-refractivity contribution in [1.82, 2.24) is 4.98 Å². The predicted molar refractivity (Wildman–Crippen MR) is 83.9 cm³/mol. The molecule has 0 spiro atoms. The highest BCUT2D eigenvalue weighted by molar-refractivity contribution is 9.10. The van der Waals surface area contributed by atoms with E-state index in [4.69, 9.17) is 0 Å². The molecule has 0 aliphatic rings. The Morgan fingerprint density at radius 1 is 0.947 bits per heavy atom. The number of anilines is 2. The van der Waals surface area contributed by atoms with Gasteiger partial charge in [-0.3, -0.25) is 0 Å². The Kier molecular flexibility index (Phi) is 3.22. The highest BCUT2D eigenvalue weighted by atomic mass is 79.9. The Morgan fingerprint density at radius 3 is 2.53 bits per heavy atom. The van der Waals surface area contributed by atoms with Gasteiger partial charge in [-0.05, 0) is 39.5 Å². The van der Waals surface area contributed by atoms with Crippen LogP contribution in [-0.2, 0) is 0 Å². The minimum absolute atomic E-state index is 0.930. The second kappa shape index (κ2) is 5.02. The number of aromatic nitrogens is 1. The highest BCUT2D eigenvalue weighted by Gasteiger charge is 2.08. The molecule has 2 nitrogen and oxygen atoms in total. The lowest BCUT2D eigenvalue weighted by atomic mass is 10.1. The molecule has 94 valence electrons. The average Bonchev–Trinajstić information content (AvgIpc) is 2.47. The molecule has 0 bridgehead atoms. The lowest BCUT2D eigenvalue weighted by Crippen LogP contribution is -2.11. The topological polar surface area (TPSA) is 16.1 Å². The molecule has 19 heavy (non-hydrogen) atoms. The van der Waals surface area contributed by atoms with Crippen molar-refractivity contribution in [3.05, 3.63) is 65.3 Å². The zero-order chi connectivity index (χ0) is 13.2. The van der Waals surface area contributed by atoms with Crippen molar-refractivity contribution in [2.24, 2.45) is 0 Å². The molecule has 3 aromatic rings. The SMILES string of the molecule is CN(c1ccc(Br)cn1)c1cccc2ccccc12. The summed E-state index contributed by atoms with van der Waals surface area (Å²) < 4.78 is 0.988. The number of rotatable bonds is 2. The summed E-state index contributed by atoms with van der Waals surface area (Å²) in [5, 5.41) is 2.47. The Bertz CT molecular complexity index is 702. The third-order valence-electron chi connectivity index (χ3n) is 3.18. The fourth-order valence-corrected chi connectivity index (χ4v) is 2.43. The number of nitrogens with zero attached hydrogens (tertiary/aromatic N) is 2. The molecule has 0 saturated heterocycles. The molecule has 0 amide bonds. The van der Waals surface area contributed by atoms with Gasteiger partial charge in [0.2, 0.25) is 0 Å². The van der Waals surface area contributed by atoms with Crippen molar-refractivity contribution in [1.29, 1.82) is 0 Å². The number of pyridine rings is 1. The molecule has 0 N–H and O–H groups in total. The van der Waals surface area contributed by atoms with Gasteiger partial charge in [-0.15, -0.1) is 0 Å². The third-order valence-corrected chi connectivity index (χ3v) is 3.65. The minimum atomic E-state index is 0.930. The van der Waals surface area contributed by atoms with Gasteiger partial charge in [0.25, 0.3) is 0 Å². The Labute approximate surface area is 120 Å². The minimum Gasteiger partial charge on any atom is -0.329 e. The summed E-state index contributed by atoms with van der Waals surface area (Å²) in [6.07, 6.45) is 1.82. The van der Waals surface area contributed by atoms with Crippen molar-refractivity contribution >= 4 is 38.2 Å². The van der Waals surface area contributed by atoms with Gasteiger partial charge in [0.05, 0.1) is 0 Å². The Hall–Kier alpha value is -1.87. The van der Waals surface area contributed by atoms with E-state index in [2.05, 4.69) is 68.3 Å². The van der Waals surface area contributed by atoms with E-state index in [9.17, 15) is 0 Å². The van der Waals surface area contributed by atoms with Crippen molar-refractivity contribution in [2.45, 2.75) is 0 Å². The first kappa shape index (κ1) is 12.2. The van der Waals surface area contributed by atoms with Crippen molar-refractivity contribution in [3.8, 4) is 0 Å². The molecular formula is C16H13BrN2. The molecule has 1 heterocycles. The molecule has 0 aliphatic carbocycles. The summed E-state index contributed by atoms with van der Waals surface area (Å²) in [5.74, 6) is 0.930. The molecule has 1 aromatic heterocycles. The monoisotopic (exact) mass is 312 g/mol. The van der Waals surface area contributed by atoms with Gasteiger partial charge in [0.1, 0.15) is 5.82 Å². The standard InChI is InChI=1S/C16H13BrN2/c1-19(16-10-9-13(17)11-18-16)15-8-4-6-12-5-2-3-7-14(12)15/h2-11H,1H3. The highest BCUT2D eigenvalue weighted by Crippen LogP contribution is 2.30. The smallest absolute Gasteiger partial charge is 0.132 e. The maximum absolute atomic E-state index is 4.44. The summed E-state index contributed by atoms with van der Waals surface area (Å²) >= 11 is 3.41. The molecule has 3 rings (SSSR count). The molecule has 0 saturated carbocycles. The normalized spacial score (nSPS) is 10.6. The quantitative estimate of drug-likeness (QED) is 0.678. The van der Waals surface area contributed by atoms with Crippen LogP contribution in [0.25, 0.3) is 10.8 Å². The predicted octanol–water partition coefficient (Wildman–Crippen LogP) is 4.77. The molecule has 2 aromatic carbocycles. The molecule has 3 heteroatoms. The van der Waals surface area contributed by atoms with Crippen LogP contribution in [0.1, 0.15) is 0 Å². The number of hydrogen-bond acceptors (Lipinski definition) is 2. The summed E-state index contributed by atoms with van der Waals surface area (Å²) in [5.41, 5.74) is 1.16. The van der Waals surface area contributed by atoms with Crippen LogP contribution in [0.15, 0.2) is 65.3 Å². The van der Waals surface area contributed by atoms with E-state index < -0.39 is 0 Å². The van der Waals surface area contributed by atoms with Crippen LogP contribution in [0.4, 0.5) is 11.5 Å². The Balaban J connectivity index is 2.11. The summed E-state index contributed by atoms with van der Waals surface area (Å²) in [4.78, 5) is 6.55. The maximum atomic E-state index is 4.44. The van der Waals surface area contributed by atoms with Gasteiger partial charge < -0.3 is 4.90 Å². The van der Waals surface area contributed by atoms with E-state index in [1.165, 1.54) is 10.8 Å². The van der Waals surface area contributed by atoms with Crippen LogP contribution >= 0.6 is 15.9 Å². The first-order chi connectivity index (χ1) is 9.25. The van der Waals surface area contributed by atoms with Crippen LogP contribution in [0.2, 0.25) is 0 Å². The van der Waals surface area contributed by atoms with E-state index >= 15 is 0 Å². The fraction of sp³-hybridized carbons (Fsp3) is 0.0625. The molecular weight excluding hydrogens is 300 g/mol. The van der Waals surface area contributed by atoms with Crippen LogP contribution in [-0.4, -0.2) is 12.0 Å². The number of benzene rings is 2. The lowest BCUT2D eigenvalue weighted by molar-refractivity contribution is 1.13. The number of halogens is 1. The lowest BCUT2D eigenvalue weighted by Gasteiger charge is -2.20. The van der Waals surface area contributed by atoms with Gasteiger partial charge in [-0.2, -0.15) is 0 Å². The van der Waals surface area contributed by atoms with Gasteiger partial charge in [-0.25, -0.2) is 4.98 Å². The molecule has 0 radical (unpaired) electrons. The van der Waals surface area contributed by atoms with E-state index in [1.807, 2.05) is 25.4 Å². The van der Waals surface area contributed by atoms with E-state index in [0.717, 1.165) is 16.0 Å². The van der Waals surface area contributed by atoms with Crippen molar-refractivity contribution < 1.29 is 0 Å².